The van der Waals surface area contributed by atoms with Gasteiger partial charge in [-0.05, 0) is 34.1 Å². The van der Waals surface area contributed by atoms with Crippen LogP contribution >= 0.6 is 0 Å². The second-order valence-corrected chi connectivity index (χ2v) is 5.64. The summed E-state index contributed by atoms with van der Waals surface area (Å²) in [5.74, 6) is 0.162. The van der Waals surface area contributed by atoms with E-state index in [-0.39, 0.29) is 17.8 Å². The second-order valence-electron chi connectivity index (χ2n) is 5.64. The summed E-state index contributed by atoms with van der Waals surface area (Å²) in [7, 11) is 0. The molecule has 0 aromatic heterocycles. The molecule has 1 saturated heterocycles. The van der Waals surface area contributed by atoms with E-state index in [0.717, 1.165) is 0 Å². The minimum atomic E-state index is -0.489. The molecule has 1 heterocycles. The molecule has 0 saturated carbocycles. The summed E-state index contributed by atoms with van der Waals surface area (Å²) in [6.45, 7) is 8.41. The SMILES string of the molecule is C/C=C/CC1CN(C(=O)OC(C)(C)C)CCC1=O. The van der Waals surface area contributed by atoms with Crippen molar-refractivity contribution in [2.45, 2.75) is 46.1 Å². The number of nitrogens with zero attached hydrogens (tertiary/aromatic N) is 1. The van der Waals surface area contributed by atoms with Gasteiger partial charge in [-0.3, -0.25) is 4.79 Å². The zero-order valence-corrected chi connectivity index (χ0v) is 11.7. The Kier molecular flexibility index (Phi) is 4.93. The molecule has 0 spiro atoms. The van der Waals surface area contributed by atoms with Gasteiger partial charge in [0.1, 0.15) is 11.4 Å². The van der Waals surface area contributed by atoms with Crippen LogP contribution in [0.4, 0.5) is 4.79 Å². The van der Waals surface area contributed by atoms with Gasteiger partial charge < -0.3 is 9.64 Å². The van der Waals surface area contributed by atoms with Crippen molar-refractivity contribution >= 4 is 11.9 Å². The summed E-state index contributed by atoms with van der Waals surface area (Å²) < 4.78 is 5.32. The largest absolute Gasteiger partial charge is 0.444 e. The normalized spacial score (nSPS) is 21.4. The zero-order valence-electron chi connectivity index (χ0n) is 11.7. The first-order valence-electron chi connectivity index (χ1n) is 6.45. The molecule has 1 unspecified atom stereocenters. The number of carbonyl (C=O) groups is 2. The predicted octanol–water partition coefficient (Wildman–Crippen LogP) is 2.78. The summed E-state index contributed by atoms with van der Waals surface area (Å²) in [6.07, 6.45) is 4.72. The summed E-state index contributed by atoms with van der Waals surface area (Å²) in [5, 5.41) is 0. The zero-order chi connectivity index (χ0) is 13.8. The minimum absolute atomic E-state index is 0.0810. The molecule has 4 nitrogen and oxygen atoms in total. The number of hydrogen-bond acceptors (Lipinski definition) is 3. The smallest absolute Gasteiger partial charge is 0.410 e. The lowest BCUT2D eigenvalue weighted by atomic mass is 9.93. The Balaban J connectivity index is 2.58. The molecule has 1 amide bonds. The van der Waals surface area contributed by atoms with E-state index in [1.165, 1.54) is 0 Å². The molecule has 18 heavy (non-hydrogen) atoms. The van der Waals surface area contributed by atoms with Crippen molar-refractivity contribution in [1.29, 1.82) is 0 Å². The maximum atomic E-state index is 11.9. The molecule has 0 bridgehead atoms. The van der Waals surface area contributed by atoms with E-state index in [1.807, 2.05) is 39.8 Å². The van der Waals surface area contributed by atoms with Crippen LogP contribution in [0, 0.1) is 5.92 Å². The number of likely N-dealkylation sites (tertiary alicyclic amines) is 1. The van der Waals surface area contributed by atoms with Gasteiger partial charge in [-0.1, -0.05) is 12.2 Å². The van der Waals surface area contributed by atoms with Gasteiger partial charge in [0.05, 0.1) is 0 Å². The van der Waals surface area contributed by atoms with E-state index < -0.39 is 5.60 Å². The van der Waals surface area contributed by atoms with Crippen molar-refractivity contribution in [3.05, 3.63) is 12.2 Å². The monoisotopic (exact) mass is 253 g/mol. The Morgan fingerprint density at radius 1 is 1.50 bits per heavy atom. The third kappa shape index (κ3) is 4.51. The van der Waals surface area contributed by atoms with Crippen molar-refractivity contribution in [3.8, 4) is 0 Å². The molecule has 0 aliphatic carbocycles. The fourth-order valence-corrected chi connectivity index (χ4v) is 1.91. The fraction of sp³-hybridized carbons (Fsp3) is 0.714. The van der Waals surface area contributed by atoms with Crippen LogP contribution in [0.1, 0.15) is 40.5 Å². The topological polar surface area (TPSA) is 46.6 Å². The molecule has 0 aromatic carbocycles. The average Bonchev–Trinajstić information content (AvgIpc) is 2.25. The van der Waals surface area contributed by atoms with Crippen LogP contribution in [0.25, 0.3) is 0 Å². The van der Waals surface area contributed by atoms with Crippen molar-refractivity contribution < 1.29 is 14.3 Å². The molecular weight excluding hydrogens is 230 g/mol. The number of piperidine rings is 1. The summed E-state index contributed by atoms with van der Waals surface area (Å²) >= 11 is 0. The van der Waals surface area contributed by atoms with Gasteiger partial charge in [0.15, 0.2) is 0 Å². The van der Waals surface area contributed by atoms with Crippen molar-refractivity contribution in [1.82, 2.24) is 4.90 Å². The number of hydrogen-bond donors (Lipinski definition) is 0. The third-order valence-electron chi connectivity index (χ3n) is 2.83. The number of Topliss-reactive ketones (excluding diaryl/α,β-unsaturated/α-hetero) is 1. The van der Waals surface area contributed by atoms with Gasteiger partial charge in [0, 0.05) is 25.4 Å². The lowest BCUT2D eigenvalue weighted by Crippen LogP contribution is -2.46. The first kappa shape index (κ1) is 14.7. The highest BCUT2D eigenvalue weighted by molar-refractivity contribution is 5.84. The maximum Gasteiger partial charge on any atom is 0.410 e. The summed E-state index contributed by atoms with van der Waals surface area (Å²) in [4.78, 5) is 25.3. The van der Waals surface area contributed by atoms with Crippen molar-refractivity contribution in [3.63, 3.8) is 0 Å². The van der Waals surface area contributed by atoms with E-state index in [0.29, 0.717) is 25.9 Å². The quantitative estimate of drug-likeness (QED) is 0.711. The van der Waals surface area contributed by atoms with E-state index in [4.69, 9.17) is 4.74 Å². The molecule has 0 aromatic rings. The molecule has 1 rings (SSSR count). The van der Waals surface area contributed by atoms with Crippen LogP contribution in [-0.4, -0.2) is 35.5 Å². The number of rotatable bonds is 2. The van der Waals surface area contributed by atoms with Gasteiger partial charge in [-0.2, -0.15) is 0 Å². The highest BCUT2D eigenvalue weighted by Crippen LogP contribution is 2.19. The number of ketones is 1. The van der Waals surface area contributed by atoms with Gasteiger partial charge in [0.25, 0.3) is 0 Å². The molecule has 4 heteroatoms. The predicted molar refractivity (Wildman–Crippen MR) is 70.4 cm³/mol. The van der Waals surface area contributed by atoms with Crippen LogP contribution in [0.2, 0.25) is 0 Å². The number of ether oxygens (including phenoxy) is 1. The first-order chi connectivity index (χ1) is 8.33. The molecule has 102 valence electrons. The van der Waals surface area contributed by atoms with Crippen LogP contribution in [0.15, 0.2) is 12.2 Å². The minimum Gasteiger partial charge on any atom is -0.444 e. The highest BCUT2D eigenvalue weighted by Gasteiger charge is 2.31. The van der Waals surface area contributed by atoms with Crippen LogP contribution in [0.5, 0.6) is 0 Å². The Hall–Kier alpha value is -1.32. The van der Waals surface area contributed by atoms with Gasteiger partial charge in [-0.15, -0.1) is 0 Å². The molecule has 1 aliphatic rings. The lowest BCUT2D eigenvalue weighted by Gasteiger charge is -2.33. The molecule has 0 radical (unpaired) electrons. The van der Waals surface area contributed by atoms with Gasteiger partial charge in [0.2, 0.25) is 0 Å². The Bertz CT molecular complexity index is 341. The summed E-state index contributed by atoms with van der Waals surface area (Å²) in [5.41, 5.74) is -0.489. The maximum absolute atomic E-state index is 11.9. The lowest BCUT2D eigenvalue weighted by molar-refractivity contribution is -0.125. The molecule has 1 fully saturated rings. The van der Waals surface area contributed by atoms with E-state index in [9.17, 15) is 9.59 Å². The summed E-state index contributed by atoms with van der Waals surface area (Å²) in [6, 6.07) is 0. The average molecular weight is 253 g/mol. The van der Waals surface area contributed by atoms with Gasteiger partial charge >= 0.3 is 6.09 Å². The number of allylic oxidation sites excluding steroid dienone is 2. The number of carbonyl (C=O) groups excluding carboxylic acids is 2. The van der Waals surface area contributed by atoms with Crippen molar-refractivity contribution in [2.75, 3.05) is 13.1 Å². The van der Waals surface area contributed by atoms with Crippen molar-refractivity contribution in [2.24, 2.45) is 5.92 Å². The molecular formula is C14H23NO3. The van der Waals surface area contributed by atoms with Gasteiger partial charge in [-0.25, -0.2) is 4.79 Å². The number of amides is 1. The molecule has 1 atom stereocenters. The standard InChI is InChI=1S/C14H23NO3/c1-5-6-7-11-10-15(9-8-12(11)16)13(17)18-14(2,3)4/h5-6,11H,7-10H2,1-4H3/b6-5+. The van der Waals surface area contributed by atoms with Crippen LogP contribution in [0.3, 0.4) is 0 Å². The second kappa shape index (κ2) is 6.03. The van der Waals surface area contributed by atoms with E-state index >= 15 is 0 Å². The van der Waals surface area contributed by atoms with E-state index in [2.05, 4.69) is 0 Å². The third-order valence-corrected chi connectivity index (χ3v) is 2.83. The van der Waals surface area contributed by atoms with E-state index in [1.54, 1.807) is 4.90 Å². The van der Waals surface area contributed by atoms with Crippen LogP contribution < -0.4 is 0 Å². The Labute approximate surface area is 109 Å². The molecule has 0 N–H and O–H groups in total. The van der Waals surface area contributed by atoms with Crippen LogP contribution in [-0.2, 0) is 9.53 Å². The Morgan fingerprint density at radius 2 is 2.17 bits per heavy atom. The Morgan fingerprint density at radius 3 is 2.72 bits per heavy atom. The highest BCUT2D eigenvalue weighted by atomic mass is 16.6. The fourth-order valence-electron chi connectivity index (χ4n) is 1.91. The first-order valence-corrected chi connectivity index (χ1v) is 6.45. The molecule has 1 aliphatic heterocycles.